The lowest BCUT2D eigenvalue weighted by atomic mass is 10.0. The van der Waals surface area contributed by atoms with Gasteiger partial charge in [0.25, 0.3) is 0 Å². The highest BCUT2D eigenvalue weighted by Crippen LogP contribution is 2.25. The van der Waals surface area contributed by atoms with Gasteiger partial charge < -0.3 is 9.73 Å². The molecule has 2 aromatic heterocycles. The van der Waals surface area contributed by atoms with Crippen molar-refractivity contribution in [1.29, 1.82) is 0 Å². The Morgan fingerprint density at radius 1 is 0.938 bits per heavy atom. The van der Waals surface area contributed by atoms with Crippen molar-refractivity contribution < 1.29 is 9.21 Å². The number of carbonyl (C=O) groups excluding carboxylic acids is 1. The highest BCUT2D eigenvalue weighted by atomic mass is 32.1. The van der Waals surface area contributed by atoms with Crippen molar-refractivity contribution >= 4 is 33.5 Å². The minimum atomic E-state index is -0.559. The number of hydrogen-bond donors (Lipinski definition) is 1. The Morgan fingerprint density at radius 2 is 1.66 bits per heavy atom. The predicted molar refractivity (Wildman–Crippen MR) is 126 cm³/mol. The summed E-state index contributed by atoms with van der Waals surface area (Å²) in [5.41, 5.74) is 5.31. The third kappa shape index (κ3) is 4.24. The highest BCUT2D eigenvalue weighted by Gasteiger charge is 2.14. The minimum Gasteiger partial charge on any atom is -0.408 e. The Bertz CT molecular complexity index is 1430. The van der Waals surface area contributed by atoms with Gasteiger partial charge >= 0.3 is 5.76 Å². The molecule has 0 fully saturated rings. The molecule has 158 valence electrons. The van der Waals surface area contributed by atoms with Crippen LogP contribution in [-0.2, 0) is 17.8 Å². The largest absolute Gasteiger partial charge is 0.420 e. The molecule has 0 unspecified atom stereocenters. The summed E-state index contributed by atoms with van der Waals surface area (Å²) in [5, 5.41) is 5.16. The van der Waals surface area contributed by atoms with E-state index in [1.54, 1.807) is 24.3 Å². The van der Waals surface area contributed by atoms with Crippen molar-refractivity contribution in [3.05, 3.63) is 106 Å². The summed E-state index contributed by atoms with van der Waals surface area (Å²) in [5.74, 6) is -0.894. The Hall–Kier alpha value is -3.97. The van der Waals surface area contributed by atoms with Crippen molar-refractivity contribution in [3.63, 3.8) is 0 Å². The van der Waals surface area contributed by atoms with E-state index in [1.807, 2.05) is 35.7 Å². The number of carbonyl (C=O) groups is 1. The van der Waals surface area contributed by atoms with Gasteiger partial charge in [-0.25, -0.2) is 9.78 Å². The third-order valence-corrected chi connectivity index (χ3v) is 5.88. The summed E-state index contributed by atoms with van der Waals surface area (Å²) in [6.07, 6.45) is 0.877. The molecule has 1 amide bonds. The number of fused-ring (bicyclic) bond motifs is 1. The summed E-state index contributed by atoms with van der Waals surface area (Å²) in [7, 11) is 0. The lowest BCUT2D eigenvalue weighted by Gasteiger charge is -2.04. The van der Waals surface area contributed by atoms with Crippen LogP contribution in [0.2, 0.25) is 0 Å². The van der Waals surface area contributed by atoms with Crippen molar-refractivity contribution in [2.75, 3.05) is 5.32 Å². The molecule has 0 aliphatic carbocycles. The monoisotopic (exact) mass is 441 g/mol. The number of nitrogens with one attached hydrogen (secondary N) is 1. The van der Waals surface area contributed by atoms with Crippen molar-refractivity contribution in [2.24, 2.45) is 0 Å². The number of oxazole rings is 1. The minimum absolute atomic E-state index is 0.140. The zero-order chi connectivity index (χ0) is 21.9. The second kappa shape index (κ2) is 8.64. The zero-order valence-electron chi connectivity index (χ0n) is 17.0. The van der Waals surface area contributed by atoms with Crippen LogP contribution in [0.3, 0.4) is 0 Å². The number of anilines is 1. The van der Waals surface area contributed by atoms with Crippen molar-refractivity contribution in [2.45, 2.75) is 13.0 Å². The van der Waals surface area contributed by atoms with Crippen molar-refractivity contribution in [3.8, 4) is 11.3 Å². The molecular formula is C25H19N3O3S. The van der Waals surface area contributed by atoms with Gasteiger partial charge in [-0.15, -0.1) is 11.3 Å². The van der Waals surface area contributed by atoms with Crippen LogP contribution in [0.25, 0.3) is 22.4 Å². The van der Waals surface area contributed by atoms with Gasteiger partial charge in [-0.1, -0.05) is 66.7 Å². The van der Waals surface area contributed by atoms with E-state index in [-0.39, 0.29) is 12.5 Å². The van der Waals surface area contributed by atoms with Gasteiger partial charge in [0.15, 0.2) is 10.7 Å². The molecule has 0 saturated heterocycles. The summed E-state index contributed by atoms with van der Waals surface area (Å²) >= 11 is 1.35. The van der Waals surface area contributed by atoms with E-state index in [1.165, 1.54) is 27.0 Å². The van der Waals surface area contributed by atoms with Crippen LogP contribution in [0, 0.1) is 0 Å². The Kier molecular flexibility index (Phi) is 5.39. The average Bonchev–Trinajstić information content (AvgIpc) is 3.39. The molecule has 6 nitrogen and oxygen atoms in total. The second-order valence-electron chi connectivity index (χ2n) is 7.37. The number of para-hydroxylation sites is 2. The molecule has 0 atom stereocenters. The summed E-state index contributed by atoms with van der Waals surface area (Å²) in [4.78, 5) is 29.1. The smallest absolute Gasteiger partial charge is 0.408 e. The first kappa shape index (κ1) is 20.0. The molecule has 0 bridgehead atoms. The van der Waals surface area contributed by atoms with Gasteiger partial charge in [0, 0.05) is 10.9 Å². The molecule has 3 aromatic carbocycles. The standard InChI is InChI=1S/C25H19N3O3S/c29-23(15-28-21-8-4-5-9-22(21)31-25(28)30)27-24-26-20(16-32-24)19-12-10-18(11-13-19)14-17-6-2-1-3-7-17/h1-13,16H,14-15H2,(H,26,27,29). The molecule has 0 saturated carbocycles. The first-order valence-electron chi connectivity index (χ1n) is 10.1. The first-order valence-corrected chi connectivity index (χ1v) is 11.0. The molecule has 5 aromatic rings. The van der Waals surface area contributed by atoms with Gasteiger partial charge in [0.05, 0.1) is 11.2 Å². The van der Waals surface area contributed by atoms with Crippen LogP contribution >= 0.6 is 11.3 Å². The van der Waals surface area contributed by atoms with Gasteiger partial charge in [-0.05, 0) is 29.7 Å². The number of nitrogens with zero attached hydrogens (tertiary/aromatic N) is 2. The molecular weight excluding hydrogens is 422 g/mol. The normalized spacial score (nSPS) is 11.0. The van der Waals surface area contributed by atoms with Crippen molar-refractivity contribution in [1.82, 2.24) is 9.55 Å². The number of benzene rings is 3. The second-order valence-corrected chi connectivity index (χ2v) is 8.23. The topological polar surface area (TPSA) is 77.1 Å². The van der Waals surface area contributed by atoms with Gasteiger partial charge in [0.1, 0.15) is 6.54 Å². The van der Waals surface area contributed by atoms with E-state index < -0.39 is 5.76 Å². The van der Waals surface area contributed by atoms with Crippen LogP contribution in [0.15, 0.2) is 93.5 Å². The maximum atomic E-state index is 12.5. The highest BCUT2D eigenvalue weighted by molar-refractivity contribution is 7.14. The maximum Gasteiger partial charge on any atom is 0.420 e. The van der Waals surface area contributed by atoms with E-state index in [0.717, 1.165) is 17.7 Å². The maximum absolute atomic E-state index is 12.5. The SMILES string of the molecule is O=C(Cn1c(=O)oc2ccccc21)Nc1nc(-c2ccc(Cc3ccccc3)cc2)cs1. The molecule has 2 heterocycles. The van der Waals surface area contributed by atoms with E-state index in [2.05, 4.69) is 34.6 Å². The molecule has 0 spiro atoms. The van der Waals surface area contributed by atoms with Gasteiger partial charge in [-0.2, -0.15) is 0 Å². The molecule has 32 heavy (non-hydrogen) atoms. The fourth-order valence-corrected chi connectivity index (χ4v) is 4.29. The number of amides is 1. The molecule has 0 aliphatic rings. The van der Waals surface area contributed by atoms with E-state index in [0.29, 0.717) is 16.2 Å². The Labute approximate surface area is 187 Å². The lowest BCUT2D eigenvalue weighted by molar-refractivity contribution is -0.116. The van der Waals surface area contributed by atoms with Crippen LogP contribution in [0.4, 0.5) is 5.13 Å². The van der Waals surface area contributed by atoms with Crippen LogP contribution in [0.5, 0.6) is 0 Å². The quantitative estimate of drug-likeness (QED) is 0.405. The summed E-state index contributed by atoms with van der Waals surface area (Å²) in [6, 6.07) is 25.6. The Morgan fingerprint density at radius 3 is 2.47 bits per heavy atom. The molecule has 0 radical (unpaired) electrons. The van der Waals surface area contributed by atoms with Crippen LogP contribution < -0.4 is 11.1 Å². The van der Waals surface area contributed by atoms with E-state index >= 15 is 0 Å². The van der Waals surface area contributed by atoms with Gasteiger partial charge in [0.2, 0.25) is 5.91 Å². The predicted octanol–water partition coefficient (Wildman–Crippen LogP) is 4.95. The number of aromatic nitrogens is 2. The van der Waals surface area contributed by atoms with Crippen LogP contribution in [0.1, 0.15) is 11.1 Å². The summed E-state index contributed by atoms with van der Waals surface area (Å²) in [6.45, 7) is -0.140. The molecule has 7 heteroatoms. The number of thiazole rings is 1. The van der Waals surface area contributed by atoms with E-state index in [9.17, 15) is 9.59 Å². The average molecular weight is 442 g/mol. The Balaban J connectivity index is 1.26. The lowest BCUT2D eigenvalue weighted by Crippen LogP contribution is -2.24. The summed E-state index contributed by atoms with van der Waals surface area (Å²) < 4.78 is 6.48. The zero-order valence-corrected chi connectivity index (χ0v) is 17.8. The fraction of sp³-hybridized carbons (Fsp3) is 0.0800. The number of hydrogen-bond acceptors (Lipinski definition) is 5. The fourth-order valence-electron chi connectivity index (χ4n) is 3.55. The first-order chi connectivity index (χ1) is 15.7. The third-order valence-electron chi connectivity index (χ3n) is 5.13. The van der Waals surface area contributed by atoms with E-state index in [4.69, 9.17) is 4.42 Å². The molecule has 1 N–H and O–H groups in total. The molecule has 5 rings (SSSR count). The number of rotatable bonds is 6. The van der Waals surface area contributed by atoms with Gasteiger partial charge in [-0.3, -0.25) is 9.36 Å². The van der Waals surface area contributed by atoms with Crippen LogP contribution in [-0.4, -0.2) is 15.5 Å². The molecule has 0 aliphatic heterocycles.